The number of hydrogen-bond acceptors (Lipinski definition) is 5. The molecular weight excluding hydrogens is 473 g/mol. The number of ether oxygens (including phenoxy) is 2. The topological polar surface area (TPSA) is 48.4 Å². The molecule has 0 N–H and O–H groups in total. The van der Waals surface area contributed by atoms with Gasteiger partial charge in [0.25, 0.3) is 0 Å². The average molecular weight is 502 g/mol. The van der Waals surface area contributed by atoms with Crippen LogP contribution in [-0.4, -0.2) is 25.0 Å². The molecule has 0 saturated heterocycles. The highest BCUT2D eigenvalue weighted by atomic mass is 32.4. The highest BCUT2D eigenvalue weighted by Gasteiger charge is 2.36. The fraction of sp³-hybridized carbons (Fsp3) is 0.172. The number of Topliss-reactive ketones (excluding diaryl/α,β-unsaturated/α-hetero) is 1. The number of carbonyl (C=O) groups is 1. The van der Waals surface area contributed by atoms with Crippen LogP contribution < -0.4 is 20.1 Å². The Hall–Kier alpha value is -3.27. The van der Waals surface area contributed by atoms with Crippen molar-refractivity contribution in [2.45, 2.75) is 19.0 Å². The highest BCUT2D eigenvalue weighted by molar-refractivity contribution is 8.22. The second-order valence-electron chi connectivity index (χ2n) is 8.27. The summed E-state index contributed by atoms with van der Waals surface area (Å²) in [5.74, 6) is 1.57. The average Bonchev–Trinajstić information content (AvgIpc) is 2.91. The van der Waals surface area contributed by atoms with Crippen LogP contribution >= 0.6 is 6.04 Å². The van der Waals surface area contributed by atoms with Gasteiger partial charge in [0.2, 0.25) is 0 Å². The molecule has 0 unspecified atom stereocenters. The van der Waals surface area contributed by atoms with Crippen molar-refractivity contribution in [2.24, 2.45) is 0 Å². The smallest absolute Gasteiger partial charge is 0.163 e. The van der Waals surface area contributed by atoms with Crippen LogP contribution in [0.25, 0.3) is 0 Å². The minimum absolute atomic E-state index is 0.0511. The van der Waals surface area contributed by atoms with E-state index in [1.54, 1.807) is 14.2 Å². The quantitative estimate of drug-likeness (QED) is 0.213. The molecule has 1 heterocycles. The first kappa shape index (κ1) is 24.8. The summed E-state index contributed by atoms with van der Waals surface area (Å²) in [5.41, 5.74) is 2.12. The number of carbonyl (C=O) groups excluding carboxylic acids is 1. The first-order valence-electron chi connectivity index (χ1n) is 11.4. The van der Waals surface area contributed by atoms with E-state index in [0.717, 1.165) is 33.5 Å². The Kier molecular flexibility index (Phi) is 7.80. The summed E-state index contributed by atoms with van der Waals surface area (Å²) in [6, 6.07) is 28.6. The molecule has 6 heteroatoms. The third kappa shape index (κ3) is 5.37. The van der Waals surface area contributed by atoms with Gasteiger partial charge in [-0.1, -0.05) is 48.2 Å². The second kappa shape index (κ2) is 11.0. The maximum absolute atomic E-state index is 13.5. The Morgan fingerprint density at radius 3 is 1.83 bits per heavy atom. The van der Waals surface area contributed by atoms with Crippen molar-refractivity contribution in [3.8, 4) is 11.5 Å². The van der Waals surface area contributed by atoms with Crippen LogP contribution in [0.5, 0.6) is 11.5 Å². The molecule has 0 aliphatic rings. The molecule has 178 valence electrons. The molecule has 0 aliphatic carbocycles. The predicted molar refractivity (Wildman–Crippen MR) is 147 cm³/mol. The van der Waals surface area contributed by atoms with Crippen LogP contribution in [0, 0.1) is 6.92 Å². The third-order valence-corrected chi connectivity index (χ3v) is 11.6. The Morgan fingerprint density at radius 1 is 0.800 bits per heavy atom. The van der Waals surface area contributed by atoms with Gasteiger partial charge in [0.1, 0.15) is 11.5 Å². The van der Waals surface area contributed by atoms with Gasteiger partial charge < -0.3 is 9.47 Å². The van der Waals surface area contributed by atoms with Crippen molar-refractivity contribution in [1.82, 2.24) is 4.98 Å². The molecule has 0 saturated carbocycles. The molecule has 1 atom stereocenters. The fourth-order valence-electron chi connectivity index (χ4n) is 4.20. The van der Waals surface area contributed by atoms with Crippen molar-refractivity contribution in [2.75, 3.05) is 14.2 Å². The molecule has 4 rings (SSSR count). The van der Waals surface area contributed by atoms with Gasteiger partial charge in [0, 0.05) is 35.1 Å². The van der Waals surface area contributed by atoms with E-state index in [0.29, 0.717) is 5.56 Å². The van der Waals surface area contributed by atoms with Crippen molar-refractivity contribution < 1.29 is 14.3 Å². The summed E-state index contributed by atoms with van der Waals surface area (Å²) in [5, 5.41) is 2.01. The largest absolute Gasteiger partial charge is 0.497 e. The lowest BCUT2D eigenvalue weighted by Gasteiger charge is -2.32. The molecule has 4 nitrogen and oxygen atoms in total. The molecule has 35 heavy (non-hydrogen) atoms. The van der Waals surface area contributed by atoms with E-state index < -0.39 is 6.04 Å². The Bertz CT molecular complexity index is 1290. The van der Waals surface area contributed by atoms with Gasteiger partial charge in [-0.15, -0.1) is 0 Å². The van der Waals surface area contributed by atoms with Crippen LogP contribution in [0.3, 0.4) is 0 Å². The lowest BCUT2D eigenvalue weighted by atomic mass is 10.0. The summed E-state index contributed by atoms with van der Waals surface area (Å²) in [7, 11) is 3.29. The van der Waals surface area contributed by atoms with E-state index >= 15 is 0 Å². The SMILES string of the molecule is COc1ccc(P(=S)(c2ccc(OC)cc2)[C@@H](CC(=O)c2ccccc2)c2cccc(C)n2)cc1. The number of hydrogen-bond donors (Lipinski definition) is 0. The van der Waals surface area contributed by atoms with Crippen molar-refractivity contribution in [3.05, 3.63) is 114 Å². The molecule has 1 aromatic heterocycles. The monoisotopic (exact) mass is 501 g/mol. The number of methoxy groups -OCH3 is 2. The van der Waals surface area contributed by atoms with E-state index in [-0.39, 0.29) is 17.9 Å². The second-order valence-corrected chi connectivity index (χ2v) is 13.0. The Balaban J connectivity index is 1.92. The maximum Gasteiger partial charge on any atom is 0.163 e. The van der Waals surface area contributed by atoms with Gasteiger partial charge in [0.05, 0.1) is 14.2 Å². The fourth-order valence-corrected chi connectivity index (χ4v) is 8.62. The lowest BCUT2D eigenvalue weighted by molar-refractivity contribution is 0.0981. The first-order chi connectivity index (χ1) is 17.0. The normalized spacial score (nSPS) is 12.1. The number of aryl methyl sites for hydroxylation is 1. The zero-order valence-corrected chi connectivity index (χ0v) is 21.8. The predicted octanol–water partition coefficient (Wildman–Crippen LogP) is 5.85. The lowest BCUT2D eigenvalue weighted by Crippen LogP contribution is -2.24. The molecular formula is C29H28NO3PS. The summed E-state index contributed by atoms with van der Waals surface area (Å²) in [6.07, 6.45) is 0.260. The molecule has 3 aromatic carbocycles. The molecule has 0 aliphatic heterocycles. The van der Waals surface area contributed by atoms with E-state index in [9.17, 15) is 4.79 Å². The van der Waals surface area contributed by atoms with Crippen LogP contribution in [0.2, 0.25) is 0 Å². The molecule has 4 aromatic rings. The van der Waals surface area contributed by atoms with E-state index in [2.05, 4.69) is 0 Å². The number of ketones is 1. The highest BCUT2D eigenvalue weighted by Crippen LogP contribution is 2.59. The molecule has 0 radical (unpaired) electrons. The number of benzene rings is 3. The van der Waals surface area contributed by atoms with Gasteiger partial charge in [-0.2, -0.15) is 0 Å². The Morgan fingerprint density at radius 2 is 1.34 bits per heavy atom. The number of rotatable bonds is 9. The third-order valence-electron chi connectivity index (χ3n) is 6.08. The van der Waals surface area contributed by atoms with Gasteiger partial charge in [0.15, 0.2) is 5.78 Å². The van der Waals surface area contributed by atoms with Crippen molar-refractivity contribution in [3.63, 3.8) is 0 Å². The summed E-state index contributed by atoms with van der Waals surface area (Å²) in [4.78, 5) is 18.4. The minimum atomic E-state index is -2.57. The van der Waals surface area contributed by atoms with E-state index in [1.165, 1.54) is 0 Å². The zero-order chi connectivity index (χ0) is 24.8. The minimum Gasteiger partial charge on any atom is -0.497 e. The van der Waals surface area contributed by atoms with E-state index in [4.69, 9.17) is 26.3 Å². The summed E-state index contributed by atoms with van der Waals surface area (Å²) >= 11 is 6.65. The van der Waals surface area contributed by atoms with Crippen molar-refractivity contribution in [1.29, 1.82) is 0 Å². The molecule has 0 fully saturated rings. The summed E-state index contributed by atoms with van der Waals surface area (Å²) in [6.45, 7) is 1.96. The van der Waals surface area contributed by atoms with Gasteiger partial charge in [-0.25, -0.2) is 0 Å². The summed E-state index contributed by atoms with van der Waals surface area (Å²) < 4.78 is 10.8. The van der Waals surface area contributed by atoms with Gasteiger partial charge >= 0.3 is 0 Å². The van der Waals surface area contributed by atoms with Crippen LogP contribution in [0.15, 0.2) is 97.1 Å². The number of aromatic nitrogens is 1. The molecule has 0 bridgehead atoms. The van der Waals surface area contributed by atoms with Crippen LogP contribution in [0.4, 0.5) is 0 Å². The Labute approximate surface area is 212 Å². The van der Waals surface area contributed by atoms with Crippen LogP contribution in [0.1, 0.15) is 33.8 Å². The number of nitrogens with zero attached hydrogens (tertiary/aromatic N) is 1. The number of pyridine rings is 1. The van der Waals surface area contributed by atoms with Gasteiger partial charge in [-0.3, -0.25) is 9.78 Å². The van der Waals surface area contributed by atoms with Gasteiger partial charge in [-0.05, 0) is 78.2 Å². The maximum atomic E-state index is 13.5. The molecule has 0 spiro atoms. The standard InChI is InChI=1S/C29H28NO3PS/c1-21-8-7-11-27(30-21)29(20-28(31)22-9-5-4-6-10-22)34(35,25-16-12-23(32-2)13-17-25)26-18-14-24(33-3)15-19-26/h4-19,29H,20H2,1-3H3/t29-/m0/s1. The molecule has 0 amide bonds. The van der Waals surface area contributed by atoms with Crippen LogP contribution in [-0.2, 0) is 11.8 Å². The van der Waals surface area contributed by atoms with E-state index in [1.807, 2.05) is 104 Å². The first-order valence-corrected chi connectivity index (χ1v) is 14.2. The zero-order valence-electron chi connectivity index (χ0n) is 20.0. The van der Waals surface area contributed by atoms with Crippen molar-refractivity contribution >= 4 is 34.2 Å².